The molecule has 0 aromatic heterocycles. The van der Waals surface area contributed by atoms with Crippen molar-refractivity contribution in [2.75, 3.05) is 0 Å². The van der Waals surface area contributed by atoms with Crippen LogP contribution < -0.4 is 4.74 Å². The van der Waals surface area contributed by atoms with Gasteiger partial charge in [0, 0.05) is 10.6 Å². The number of carbonyl (C=O) groups is 1. The largest absolute Gasteiger partial charge is 0.573 e. The summed E-state index contributed by atoms with van der Waals surface area (Å²) in [4.78, 5) is 10.4. The van der Waals surface area contributed by atoms with Crippen molar-refractivity contribution in [3.63, 3.8) is 0 Å². The molecule has 0 saturated carbocycles. The summed E-state index contributed by atoms with van der Waals surface area (Å²) >= 11 is 5.54. The van der Waals surface area contributed by atoms with Crippen molar-refractivity contribution in [3.8, 4) is 5.75 Å². The van der Waals surface area contributed by atoms with Gasteiger partial charge < -0.3 is 9.84 Å². The third-order valence-electron chi connectivity index (χ3n) is 1.59. The summed E-state index contributed by atoms with van der Waals surface area (Å²) in [6.07, 6.45) is -5.45. The minimum Gasteiger partial charge on any atom is -0.481 e. The summed E-state index contributed by atoms with van der Waals surface area (Å²) < 4.78 is 39.5. The van der Waals surface area contributed by atoms with Crippen LogP contribution in [-0.4, -0.2) is 17.4 Å². The molecule has 0 unspecified atom stereocenters. The lowest BCUT2D eigenvalue weighted by molar-refractivity contribution is -0.274. The van der Waals surface area contributed by atoms with Crippen molar-refractivity contribution in [1.82, 2.24) is 0 Å². The van der Waals surface area contributed by atoms with E-state index in [4.69, 9.17) is 16.7 Å². The first-order valence-electron chi connectivity index (χ1n) is 4.04. The SMILES string of the molecule is O=C(O)Cc1cc(Cl)ccc1OC(F)(F)F. The standard InChI is InChI=1S/C9H6ClF3O3/c10-6-1-2-7(16-9(11,12)13)5(3-6)4-8(14)15/h1-3H,4H2,(H,14,15). The molecule has 0 radical (unpaired) electrons. The van der Waals surface area contributed by atoms with Crippen LogP contribution in [0.4, 0.5) is 13.2 Å². The molecule has 0 fully saturated rings. The Labute approximate surface area is 93.4 Å². The molecule has 0 amide bonds. The third kappa shape index (κ3) is 3.98. The lowest BCUT2D eigenvalue weighted by Gasteiger charge is -2.12. The Bertz CT molecular complexity index is 403. The lowest BCUT2D eigenvalue weighted by Crippen LogP contribution is -2.18. The van der Waals surface area contributed by atoms with E-state index in [2.05, 4.69) is 4.74 Å². The first-order valence-corrected chi connectivity index (χ1v) is 4.42. The zero-order valence-electron chi connectivity index (χ0n) is 7.71. The summed E-state index contributed by atoms with van der Waals surface area (Å²) in [7, 11) is 0. The van der Waals surface area contributed by atoms with Gasteiger partial charge in [-0.1, -0.05) is 11.6 Å². The molecule has 1 N–H and O–H groups in total. The molecule has 0 bridgehead atoms. The van der Waals surface area contributed by atoms with Gasteiger partial charge in [-0.15, -0.1) is 13.2 Å². The Morgan fingerprint density at radius 3 is 2.56 bits per heavy atom. The van der Waals surface area contributed by atoms with Gasteiger partial charge in [0.2, 0.25) is 0 Å². The molecule has 1 rings (SSSR count). The highest BCUT2D eigenvalue weighted by atomic mass is 35.5. The van der Waals surface area contributed by atoms with Crippen LogP contribution in [0, 0.1) is 0 Å². The van der Waals surface area contributed by atoms with E-state index in [1.54, 1.807) is 0 Å². The molecule has 88 valence electrons. The fourth-order valence-corrected chi connectivity index (χ4v) is 1.27. The second-order valence-electron chi connectivity index (χ2n) is 2.87. The molecule has 0 heterocycles. The maximum absolute atomic E-state index is 12.0. The van der Waals surface area contributed by atoms with Gasteiger partial charge in [0.05, 0.1) is 6.42 Å². The number of carboxylic acids is 1. The van der Waals surface area contributed by atoms with Gasteiger partial charge >= 0.3 is 12.3 Å². The van der Waals surface area contributed by atoms with Crippen LogP contribution >= 0.6 is 11.6 Å². The summed E-state index contributed by atoms with van der Waals surface area (Å²) in [6.45, 7) is 0. The van der Waals surface area contributed by atoms with E-state index < -0.39 is 24.5 Å². The number of alkyl halides is 3. The van der Waals surface area contributed by atoms with Crippen LogP contribution in [0.5, 0.6) is 5.75 Å². The van der Waals surface area contributed by atoms with Crippen molar-refractivity contribution >= 4 is 17.6 Å². The van der Waals surface area contributed by atoms with Gasteiger partial charge in [0.1, 0.15) is 5.75 Å². The van der Waals surface area contributed by atoms with Gasteiger partial charge in [-0.2, -0.15) is 0 Å². The predicted molar refractivity (Wildman–Crippen MR) is 49.5 cm³/mol. The Morgan fingerprint density at radius 2 is 2.06 bits per heavy atom. The molecule has 0 saturated heterocycles. The zero-order valence-corrected chi connectivity index (χ0v) is 8.47. The fraction of sp³-hybridized carbons (Fsp3) is 0.222. The highest BCUT2D eigenvalue weighted by molar-refractivity contribution is 6.30. The average Bonchev–Trinajstić information content (AvgIpc) is 2.06. The number of aliphatic carboxylic acids is 1. The van der Waals surface area contributed by atoms with Crippen molar-refractivity contribution in [2.24, 2.45) is 0 Å². The Hall–Kier alpha value is -1.43. The van der Waals surface area contributed by atoms with Crippen LogP contribution in [0.3, 0.4) is 0 Å². The average molecular weight is 255 g/mol. The Balaban J connectivity index is 3.02. The molecule has 1 aromatic rings. The molecule has 1 aromatic carbocycles. The summed E-state index contributed by atoms with van der Waals surface area (Å²) in [5.74, 6) is -1.83. The smallest absolute Gasteiger partial charge is 0.481 e. The maximum atomic E-state index is 12.0. The molecule has 16 heavy (non-hydrogen) atoms. The highest BCUT2D eigenvalue weighted by Crippen LogP contribution is 2.28. The van der Waals surface area contributed by atoms with Gasteiger partial charge in [-0.3, -0.25) is 4.79 Å². The van der Waals surface area contributed by atoms with Crippen molar-refractivity contribution < 1.29 is 27.8 Å². The third-order valence-corrected chi connectivity index (χ3v) is 1.82. The second-order valence-corrected chi connectivity index (χ2v) is 3.31. The van der Waals surface area contributed by atoms with Crippen molar-refractivity contribution in [1.29, 1.82) is 0 Å². The molecule has 7 heteroatoms. The topological polar surface area (TPSA) is 46.5 Å². The summed E-state index contributed by atoms with van der Waals surface area (Å²) in [5.41, 5.74) is -0.127. The molecule has 0 spiro atoms. The highest BCUT2D eigenvalue weighted by Gasteiger charge is 2.32. The van der Waals surface area contributed by atoms with Gasteiger partial charge in [-0.05, 0) is 18.2 Å². The maximum Gasteiger partial charge on any atom is 0.573 e. The van der Waals surface area contributed by atoms with Crippen LogP contribution in [0.25, 0.3) is 0 Å². The predicted octanol–water partition coefficient (Wildman–Crippen LogP) is 2.87. The fourth-order valence-electron chi connectivity index (χ4n) is 1.07. The molecule has 0 aliphatic heterocycles. The van der Waals surface area contributed by atoms with Gasteiger partial charge in [0.25, 0.3) is 0 Å². The van der Waals surface area contributed by atoms with Crippen molar-refractivity contribution in [2.45, 2.75) is 12.8 Å². The Kier molecular flexibility index (Phi) is 3.64. The minimum absolute atomic E-state index is 0.127. The molecule has 0 atom stereocenters. The summed E-state index contributed by atoms with van der Waals surface area (Å²) in [6, 6.07) is 3.29. The zero-order chi connectivity index (χ0) is 12.3. The quantitative estimate of drug-likeness (QED) is 0.902. The van der Waals surface area contributed by atoms with Crippen LogP contribution in [0.2, 0.25) is 5.02 Å². The van der Waals surface area contributed by atoms with Crippen LogP contribution in [0.15, 0.2) is 18.2 Å². The number of halogens is 4. The second kappa shape index (κ2) is 4.61. The van der Waals surface area contributed by atoms with E-state index in [1.165, 1.54) is 6.07 Å². The molecular weight excluding hydrogens is 249 g/mol. The molecule has 3 nitrogen and oxygen atoms in total. The number of ether oxygens (including phenoxy) is 1. The first-order chi connectivity index (χ1) is 7.28. The summed E-state index contributed by atoms with van der Waals surface area (Å²) in [5, 5.41) is 8.64. The molecule has 0 aliphatic rings. The number of benzene rings is 1. The Morgan fingerprint density at radius 1 is 1.44 bits per heavy atom. The van der Waals surface area contributed by atoms with E-state index in [0.29, 0.717) is 0 Å². The van der Waals surface area contributed by atoms with Gasteiger partial charge in [-0.25, -0.2) is 0 Å². The van der Waals surface area contributed by atoms with Crippen molar-refractivity contribution in [3.05, 3.63) is 28.8 Å². The van der Waals surface area contributed by atoms with Crippen LogP contribution in [-0.2, 0) is 11.2 Å². The van der Waals surface area contributed by atoms with E-state index in [-0.39, 0.29) is 10.6 Å². The monoisotopic (exact) mass is 254 g/mol. The lowest BCUT2D eigenvalue weighted by atomic mass is 10.1. The van der Waals surface area contributed by atoms with Gasteiger partial charge in [0.15, 0.2) is 0 Å². The minimum atomic E-state index is -4.86. The van der Waals surface area contributed by atoms with E-state index >= 15 is 0 Å². The number of rotatable bonds is 3. The number of hydrogen-bond acceptors (Lipinski definition) is 2. The van der Waals surface area contributed by atoms with E-state index in [1.807, 2.05) is 0 Å². The van der Waals surface area contributed by atoms with Crippen LogP contribution in [0.1, 0.15) is 5.56 Å². The molecule has 0 aliphatic carbocycles. The molecular formula is C9H6ClF3O3. The van der Waals surface area contributed by atoms with E-state index in [0.717, 1.165) is 12.1 Å². The first kappa shape index (κ1) is 12.6. The number of hydrogen-bond donors (Lipinski definition) is 1. The number of carboxylic acid groups (broad SMARTS) is 1. The van der Waals surface area contributed by atoms with E-state index in [9.17, 15) is 18.0 Å². The normalized spacial score (nSPS) is 11.2.